The Bertz CT molecular complexity index is 792. The first-order valence-corrected chi connectivity index (χ1v) is 6.26. The molecule has 6 heteroatoms. The van der Waals surface area contributed by atoms with E-state index < -0.39 is 0 Å². The molecule has 20 heavy (non-hydrogen) atoms. The summed E-state index contributed by atoms with van der Waals surface area (Å²) in [4.78, 5) is 4.13. The minimum Gasteiger partial charge on any atom is -0.471 e. The second-order valence-corrected chi connectivity index (χ2v) is 4.49. The van der Waals surface area contributed by atoms with Crippen LogP contribution in [0, 0.1) is 11.3 Å². The van der Waals surface area contributed by atoms with Crippen LogP contribution >= 0.6 is 11.6 Å². The minimum absolute atomic E-state index is 0.258. The second-order valence-electron chi connectivity index (χ2n) is 4.11. The van der Waals surface area contributed by atoms with E-state index in [0.29, 0.717) is 23.6 Å². The zero-order valence-corrected chi connectivity index (χ0v) is 11.1. The summed E-state index contributed by atoms with van der Waals surface area (Å²) in [6.07, 6.45) is 3.00. The van der Waals surface area contributed by atoms with Crippen LogP contribution in [0.3, 0.4) is 0 Å². The van der Waals surface area contributed by atoms with Gasteiger partial charge < -0.3 is 4.74 Å². The van der Waals surface area contributed by atoms with Crippen LogP contribution in [-0.2, 0) is 6.61 Å². The molecule has 0 saturated carbocycles. The number of rotatable bonds is 3. The molecule has 0 fully saturated rings. The average molecular weight is 285 g/mol. The lowest BCUT2D eigenvalue weighted by Crippen LogP contribution is -2.01. The molecule has 0 bridgehead atoms. The molecule has 0 saturated heterocycles. The third-order valence-corrected chi connectivity index (χ3v) is 2.96. The third-order valence-electron chi connectivity index (χ3n) is 2.77. The van der Waals surface area contributed by atoms with E-state index in [0.717, 1.165) is 5.56 Å². The van der Waals surface area contributed by atoms with Gasteiger partial charge in [0.05, 0.1) is 12.4 Å². The van der Waals surface area contributed by atoms with Crippen LogP contribution in [-0.4, -0.2) is 14.6 Å². The fourth-order valence-electron chi connectivity index (χ4n) is 1.86. The predicted octanol–water partition coefficient (Wildman–Crippen LogP) is 2.83. The Labute approximate surface area is 120 Å². The van der Waals surface area contributed by atoms with Crippen LogP contribution in [0.15, 0.2) is 42.7 Å². The predicted molar refractivity (Wildman–Crippen MR) is 73.5 cm³/mol. The van der Waals surface area contributed by atoms with Gasteiger partial charge in [0.2, 0.25) is 5.88 Å². The molecule has 0 aliphatic rings. The summed E-state index contributed by atoms with van der Waals surface area (Å²) in [5.41, 5.74) is 1.93. The minimum atomic E-state index is 0.258. The summed E-state index contributed by atoms with van der Waals surface area (Å²) >= 11 is 5.92. The molecule has 98 valence electrons. The van der Waals surface area contributed by atoms with Crippen LogP contribution in [0.4, 0.5) is 0 Å². The van der Waals surface area contributed by atoms with Crippen molar-refractivity contribution in [3.8, 4) is 11.9 Å². The smallest absolute Gasteiger partial charge is 0.243 e. The Morgan fingerprint density at radius 3 is 2.85 bits per heavy atom. The molecule has 0 radical (unpaired) electrons. The Morgan fingerprint density at radius 1 is 1.30 bits per heavy atom. The van der Waals surface area contributed by atoms with E-state index in [4.69, 9.17) is 21.6 Å². The van der Waals surface area contributed by atoms with E-state index >= 15 is 0 Å². The van der Waals surface area contributed by atoms with Crippen LogP contribution in [0.2, 0.25) is 5.15 Å². The Morgan fingerprint density at radius 2 is 2.10 bits per heavy atom. The fraction of sp³-hybridized carbons (Fsp3) is 0.0714. The van der Waals surface area contributed by atoms with Gasteiger partial charge in [0.15, 0.2) is 5.15 Å². The van der Waals surface area contributed by atoms with E-state index in [-0.39, 0.29) is 5.15 Å². The number of benzene rings is 1. The molecule has 2 heterocycles. The van der Waals surface area contributed by atoms with Crippen molar-refractivity contribution < 1.29 is 4.74 Å². The molecule has 5 nitrogen and oxygen atoms in total. The zero-order valence-electron chi connectivity index (χ0n) is 10.3. The Kier molecular flexibility index (Phi) is 3.23. The molecule has 0 spiro atoms. The maximum absolute atomic E-state index is 9.08. The fourth-order valence-corrected chi connectivity index (χ4v) is 2.03. The molecular weight excluding hydrogens is 276 g/mol. The van der Waals surface area contributed by atoms with Crippen molar-refractivity contribution in [2.24, 2.45) is 0 Å². The van der Waals surface area contributed by atoms with Gasteiger partial charge in [-0.05, 0) is 5.56 Å². The normalized spacial score (nSPS) is 10.4. The van der Waals surface area contributed by atoms with Gasteiger partial charge in [-0.25, -0.2) is 4.52 Å². The third kappa shape index (κ3) is 2.29. The number of hydrogen-bond donors (Lipinski definition) is 0. The number of ether oxygens (including phenoxy) is 1. The standard InChI is InChI=1S/C14H9ClN4O/c15-12-8-19-13(11(6-16)7-17-19)14(18-12)20-9-10-4-2-1-3-5-10/h1-5,7-8H,9H2. The molecule has 0 atom stereocenters. The van der Waals surface area contributed by atoms with Gasteiger partial charge >= 0.3 is 0 Å². The van der Waals surface area contributed by atoms with Crippen LogP contribution < -0.4 is 4.74 Å². The number of nitrogens with zero attached hydrogens (tertiary/aromatic N) is 4. The van der Waals surface area contributed by atoms with E-state index in [1.165, 1.54) is 16.9 Å². The lowest BCUT2D eigenvalue weighted by Gasteiger charge is -2.07. The quantitative estimate of drug-likeness (QED) is 0.742. The highest BCUT2D eigenvalue weighted by atomic mass is 35.5. The summed E-state index contributed by atoms with van der Waals surface area (Å²) in [6, 6.07) is 11.8. The highest BCUT2D eigenvalue weighted by Gasteiger charge is 2.13. The molecular formula is C14H9ClN4O. The molecule has 2 aromatic heterocycles. The number of aromatic nitrogens is 3. The lowest BCUT2D eigenvalue weighted by molar-refractivity contribution is 0.296. The molecule has 0 aliphatic heterocycles. The first-order valence-electron chi connectivity index (χ1n) is 5.88. The van der Waals surface area contributed by atoms with Crippen molar-refractivity contribution in [2.45, 2.75) is 6.61 Å². The number of nitriles is 1. The van der Waals surface area contributed by atoms with Gasteiger partial charge in [0.25, 0.3) is 0 Å². The van der Waals surface area contributed by atoms with Crippen LogP contribution in [0.5, 0.6) is 5.88 Å². The SMILES string of the molecule is N#Cc1cnn2cc(Cl)nc(OCc3ccccc3)c12. The highest BCUT2D eigenvalue weighted by Crippen LogP contribution is 2.24. The van der Waals surface area contributed by atoms with E-state index in [1.807, 2.05) is 30.3 Å². The van der Waals surface area contributed by atoms with Gasteiger partial charge in [-0.3, -0.25) is 0 Å². The van der Waals surface area contributed by atoms with Gasteiger partial charge in [0, 0.05) is 0 Å². The summed E-state index contributed by atoms with van der Waals surface area (Å²) in [6.45, 7) is 0.347. The molecule has 0 N–H and O–H groups in total. The molecule has 0 amide bonds. The van der Waals surface area contributed by atoms with Crippen LogP contribution in [0.1, 0.15) is 11.1 Å². The number of hydrogen-bond acceptors (Lipinski definition) is 4. The summed E-state index contributed by atoms with van der Waals surface area (Å²) < 4.78 is 7.17. The summed E-state index contributed by atoms with van der Waals surface area (Å²) in [7, 11) is 0. The number of halogens is 1. The first-order chi connectivity index (χ1) is 9.78. The van der Waals surface area contributed by atoms with Gasteiger partial charge in [-0.15, -0.1) is 0 Å². The van der Waals surface area contributed by atoms with Crippen molar-refractivity contribution in [3.63, 3.8) is 0 Å². The summed E-state index contributed by atoms with van der Waals surface area (Å²) in [5, 5.41) is 13.4. The van der Waals surface area contributed by atoms with Crippen molar-refractivity contribution in [3.05, 3.63) is 59.0 Å². The summed E-state index contributed by atoms with van der Waals surface area (Å²) in [5.74, 6) is 0.301. The van der Waals surface area contributed by atoms with Crippen molar-refractivity contribution in [2.75, 3.05) is 0 Å². The first kappa shape index (κ1) is 12.5. The highest BCUT2D eigenvalue weighted by molar-refractivity contribution is 6.29. The molecule has 0 unspecified atom stereocenters. The maximum Gasteiger partial charge on any atom is 0.243 e. The van der Waals surface area contributed by atoms with Gasteiger partial charge in [-0.2, -0.15) is 15.3 Å². The zero-order chi connectivity index (χ0) is 13.9. The van der Waals surface area contributed by atoms with Crippen molar-refractivity contribution in [1.82, 2.24) is 14.6 Å². The van der Waals surface area contributed by atoms with E-state index in [9.17, 15) is 0 Å². The molecule has 3 rings (SSSR count). The largest absolute Gasteiger partial charge is 0.471 e. The number of fused-ring (bicyclic) bond motifs is 1. The second kappa shape index (κ2) is 5.19. The Hall–Kier alpha value is -2.58. The van der Waals surface area contributed by atoms with Crippen molar-refractivity contribution in [1.29, 1.82) is 5.26 Å². The van der Waals surface area contributed by atoms with Gasteiger partial charge in [-0.1, -0.05) is 41.9 Å². The Balaban J connectivity index is 1.98. The van der Waals surface area contributed by atoms with E-state index in [1.54, 1.807) is 0 Å². The van der Waals surface area contributed by atoms with Crippen molar-refractivity contribution >= 4 is 17.1 Å². The topological polar surface area (TPSA) is 63.2 Å². The van der Waals surface area contributed by atoms with Crippen LogP contribution in [0.25, 0.3) is 5.52 Å². The van der Waals surface area contributed by atoms with E-state index in [2.05, 4.69) is 16.2 Å². The average Bonchev–Trinajstić information content (AvgIpc) is 2.88. The lowest BCUT2D eigenvalue weighted by atomic mass is 10.2. The monoisotopic (exact) mass is 284 g/mol. The molecule has 1 aromatic carbocycles. The maximum atomic E-state index is 9.08. The van der Waals surface area contributed by atoms with Gasteiger partial charge in [0.1, 0.15) is 23.8 Å². The molecule has 3 aromatic rings. The molecule has 0 aliphatic carbocycles.